The molecule has 0 aromatic carbocycles. The van der Waals surface area contributed by atoms with Crippen molar-refractivity contribution in [3.8, 4) is 0 Å². The summed E-state index contributed by atoms with van der Waals surface area (Å²) in [6.07, 6.45) is 15.7. The first-order valence-electron chi connectivity index (χ1n) is 11.1. The maximum Gasteiger partial charge on any atom is 0.155 e. The van der Waals surface area contributed by atoms with Gasteiger partial charge in [-0.2, -0.15) is 0 Å². The Hall–Kier alpha value is -0.380. The molecule has 0 amide bonds. The van der Waals surface area contributed by atoms with Gasteiger partial charge in [0, 0.05) is 6.61 Å². The summed E-state index contributed by atoms with van der Waals surface area (Å²) in [7, 11) is 0. The topological polar surface area (TPSA) is 38.7 Å². The second kappa shape index (κ2) is 18.0. The maximum atomic E-state index is 10.6. The molecule has 0 aliphatic rings. The van der Waals surface area contributed by atoms with Gasteiger partial charge in [0.25, 0.3) is 0 Å². The number of ether oxygens (including phenoxy) is 2. The lowest BCUT2D eigenvalue weighted by molar-refractivity contribution is -0.183. The van der Waals surface area contributed by atoms with Crippen LogP contribution in [0.15, 0.2) is 11.6 Å². The molecule has 0 aromatic heterocycles. The number of hydrogen-bond donors (Lipinski definition) is 1. The molecule has 0 heterocycles. The van der Waals surface area contributed by atoms with Gasteiger partial charge in [-0.25, -0.2) is 0 Å². The minimum absolute atomic E-state index is 0.108. The average Bonchev–Trinajstić information content (AvgIpc) is 2.59. The van der Waals surface area contributed by atoms with Gasteiger partial charge >= 0.3 is 0 Å². The lowest BCUT2D eigenvalue weighted by Crippen LogP contribution is -2.33. The van der Waals surface area contributed by atoms with Gasteiger partial charge in [-0.15, -0.1) is 0 Å². The van der Waals surface area contributed by atoms with Crippen LogP contribution in [-0.4, -0.2) is 30.2 Å². The minimum Gasteiger partial charge on any atom is -0.390 e. The smallest absolute Gasteiger partial charge is 0.155 e. The molecule has 0 aliphatic heterocycles. The summed E-state index contributed by atoms with van der Waals surface area (Å²) in [4.78, 5) is 0. The number of aliphatic hydroxyl groups is 1. The fraction of sp³-hybridized carbons (Fsp3) is 0.913. The lowest BCUT2D eigenvalue weighted by Gasteiger charge is -2.26. The summed E-state index contributed by atoms with van der Waals surface area (Å²) < 4.78 is 11.5. The summed E-state index contributed by atoms with van der Waals surface area (Å²) in [5.41, 5.74) is 1.34. The summed E-state index contributed by atoms with van der Waals surface area (Å²) in [6, 6.07) is 0. The first kappa shape index (κ1) is 25.6. The van der Waals surface area contributed by atoms with E-state index in [1.54, 1.807) is 0 Å². The summed E-state index contributed by atoms with van der Waals surface area (Å²) >= 11 is 0. The van der Waals surface area contributed by atoms with Crippen LogP contribution in [0, 0.1) is 0 Å². The highest BCUT2D eigenvalue weighted by molar-refractivity contribution is 4.92. The Balaban J connectivity index is 4.14. The first-order chi connectivity index (χ1) is 12.5. The molecule has 1 N–H and O–H groups in total. The van der Waals surface area contributed by atoms with Crippen LogP contribution in [0.4, 0.5) is 0 Å². The van der Waals surface area contributed by atoms with Crippen molar-refractivity contribution in [3.05, 3.63) is 11.6 Å². The SMILES string of the molecule is CCCCCCCCCCC(OC(C)OCC)C(O)CCCC=C(C)C. The van der Waals surface area contributed by atoms with E-state index in [0.29, 0.717) is 6.61 Å². The molecule has 3 heteroatoms. The Labute approximate surface area is 163 Å². The molecule has 26 heavy (non-hydrogen) atoms. The van der Waals surface area contributed by atoms with Crippen molar-refractivity contribution < 1.29 is 14.6 Å². The number of rotatable bonds is 18. The van der Waals surface area contributed by atoms with Gasteiger partial charge in [0.05, 0.1) is 12.2 Å². The number of hydrogen-bond acceptors (Lipinski definition) is 3. The highest BCUT2D eigenvalue weighted by atomic mass is 16.7. The Bertz CT molecular complexity index is 323. The predicted octanol–water partition coefficient (Wildman–Crippen LogP) is 6.78. The van der Waals surface area contributed by atoms with Crippen LogP contribution >= 0.6 is 0 Å². The van der Waals surface area contributed by atoms with Gasteiger partial charge in [-0.3, -0.25) is 0 Å². The maximum absolute atomic E-state index is 10.6. The molecule has 0 aromatic rings. The van der Waals surface area contributed by atoms with Gasteiger partial charge in [0.2, 0.25) is 0 Å². The predicted molar refractivity (Wildman–Crippen MR) is 112 cm³/mol. The third-order valence-electron chi connectivity index (χ3n) is 4.80. The van der Waals surface area contributed by atoms with Crippen LogP contribution in [0.2, 0.25) is 0 Å². The number of allylic oxidation sites excluding steroid dienone is 2. The second-order valence-corrected chi connectivity index (χ2v) is 7.74. The Morgan fingerprint density at radius 2 is 1.50 bits per heavy atom. The fourth-order valence-electron chi connectivity index (χ4n) is 3.25. The molecular weight excluding hydrogens is 324 g/mol. The molecule has 3 nitrogen and oxygen atoms in total. The highest BCUT2D eigenvalue weighted by Gasteiger charge is 2.21. The van der Waals surface area contributed by atoms with E-state index in [4.69, 9.17) is 9.47 Å². The van der Waals surface area contributed by atoms with E-state index in [1.165, 1.54) is 50.5 Å². The molecule has 0 radical (unpaired) electrons. The van der Waals surface area contributed by atoms with Crippen LogP contribution in [0.5, 0.6) is 0 Å². The molecule has 0 fully saturated rings. The molecule has 3 unspecified atom stereocenters. The van der Waals surface area contributed by atoms with E-state index in [9.17, 15) is 5.11 Å². The molecule has 156 valence electrons. The molecular formula is C23H46O3. The quantitative estimate of drug-likeness (QED) is 0.164. The van der Waals surface area contributed by atoms with E-state index < -0.39 is 6.10 Å². The minimum atomic E-state index is -0.395. The van der Waals surface area contributed by atoms with E-state index in [0.717, 1.165) is 32.1 Å². The lowest BCUT2D eigenvalue weighted by atomic mass is 10.00. The van der Waals surface area contributed by atoms with E-state index in [1.807, 2.05) is 13.8 Å². The van der Waals surface area contributed by atoms with Crippen molar-refractivity contribution in [3.63, 3.8) is 0 Å². The van der Waals surface area contributed by atoms with E-state index in [2.05, 4.69) is 26.8 Å². The molecule has 0 bridgehead atoms. The molecule has 0 aliphatic carbocycles. The van der Waals surface area contributed by atoms with Gasteiger partial charge in [-0.05, 0) is 53.4 Å². The summed E-state index contributed by atoms with van der Waals surface area (Å²) in [5, 5.41) is 10.6. The number of aliphatic hydroxyl groups excluding tert-OH is 1. The zero-order chi connectivity index (χ0) is 19.6. The Morgan fingerprint density at radius 3 is 2.08 bits per heavy atom. The highest BCUT2D eigenvalue weighted by Crippen LogP contribution is 2.19. The van der Waals surface area contributed by atoms with E-state index in [-0.39, 0.29) is 12.4 Å². The van der Waals surface area contributed by atoms with Gasteiger partial charge < -0.3 is 14.6 Å². The number of unbranched alkanes of at least 4 members (excludes halogenated alkanes) is 8. The van der Waals surface area contributed by atoms with Crippen molar-refractivity contribution in [1.29, 1.82) is 0 Å². The zero-order valence-electron chi connectivity index (χ0n) is 18.3. The third-order valence-corrected chi connectivity index (χ3v) is 4.80. The van der Waals surface area contributed by atoms with Crippen molar-refractivity contribution in [2.24, 2.45) is 0 Å². The van der Waals surface area contributed by atoms with Crippen LogP contribution in [0.1, 0.15) is 112 Å². The summed E-state index contributed by atoms with van der Waals surface area (Å²) in [5.74, 6) is 0. The van der Waals surface area contributed by atoms with Gasteiger partial charge in [0.1, 0.15) is 0 Å². The average molecular weight is 371 g/mol. The van der Waals surface area contributed by atoms with Crippen molar-refractivity contribution in [2.75, 3.05) is 6.61 Å². The zero-order valence-corrected chi connectivity index (χ0v) is 18.3. The van der Waals surface area contributed by atoms with Gasteiger partial charge in [0.15, 0.2) is 6.29 Å². The molecule has 0 rings (SSSR count). The largest absolute Gasteiger partial charge is 0.390 e. The van der Waals surface area contributed by atoms with Crippen LogP contribution < -0.4 is 0 Å². The molecule has 3 atom stereocenters. The Kier molecular flexibility index (Phi) is 17.7. The van der Waals surface area contributed by atoms with Crippen LogP contribution in [0.3, 0.4) is 0 Å². The summed E-state index contributed by atoms with van der Waals surface area (Å²) in [6.45, 7) is 11.0. The second-order valence-electron chi connectivity index (χ2n) is 7.74. The first-order valence-corrected chi connectivity index (χ1v) is 11.1. The van der Waals surface area contributed by atoms with Crippen molar-refractivity contribution in [2.45, 2.75) is 130 Å². The Morgan fingerprint density at radius 1 is 0.885 bits per heavy atom. The molecule has 0 spiro atoms. The molecule has 0 saturated heterocycles. The fourth-order valence-corrected chi connectivity index (χ4v) is 3.25. The van der Waals surface area contributed by atoms with Crippen LogP contribution in [0.25, 0.3) is 0 Å². The third kappa shape index (κ3) is 15.8. The van der Waals surface area contributed by atoms with E-state index >= 15 is 0 Å². The van der Waals surface area contributed by atoms with Crippen LogP contribution in [-0.2, 0) is 9.47 Å². The van der Waals surface area contributed by atoms with Crippen molar-refractivity contribution >= 4 is 0 Å². The normalized spacial score (nSPS) is 14.8. The molecule has 0 saturated carbocycles. The monoisotopic (exact) mass is 370 g/mol. The van der Waals surface area contributed by atoms with Crippen molar-refractivity contribution in [1.82, 2.24) is 0 Å². The van der Waals surface area contributed by atoms with Gasteiger partial charge in [-0.1, -0.05) is 69.9 Å². The standard InChI is InChI=1S/C23H46O3/c1-6-8-9-10-11-12-13-14-19-23(26-21(5)25-7-2)22(24)18-16-15-17-20(3)4/h17,21-24H,6-16,18-19H2,1-5H3.